The van der Waals surface area contributed by atoms with Gasteiger partial charge in [-0.25, -0.2) is 0 Å². The summed E-state index contributed by atoms with van der Waals surface area (Å²) in [6.07, 6.45) is 0. The van der Waals surface area contributed by atoms with Gasteiger partial charge in [-0.05, 0) is 36.4 Å². The number of rotatable bonds is 5. The van der Waals surface area contributed by atoms with E-state index in [9.17, 15) is 27.4 Å². The van der Waals surface area contributed by atoms with E-state index >= 15 is 0 Å². The molecule has 0 heterocycles. The molecule has 0 aromatic heterocycles. The van der Waals surface area contributed by atoms with Gasteiger partial charge in [0.15, 0.2) is 9.79 Å². The second-order valence-electron chi connectivity index (χ2n) is 5.58. The maximum atomic E-state index is 10.8. The van der Waals surface area contributed by atoms with Gasteiger partial charge in [-0.15, -0.1) is 0 Å². The van der Waals surface area contributed by atoms with Gasteiger partial charge in [0.05, 0.1) is 15.8 Å². The van der Waals surface area contributed by atoms with Crippen molar-refractivity contribution in [3.05, 3.63) is 101 Å². The van der Waals surface area contributed by atoms with Crippen molar-refractivity contribution in [3.63, 3.8) is 0 Å². The molecule has 146 valence electrons. The number of nitro benzene ring substituents is 1. The monoisotopic (exact) mass is 409 g/mol. The number of non-ortho nitro benzene ring substituents is 1. The minimum Gasteiger partial charge on any atom is -0.418 e. The summed E-state index contributed by atoms with van der Waals surface area (Å²) in [6.45, 7) is 0. The normalized spacial score (nSPS) is 10.9. The van der Waals surface area contributed by atoms with E-state index in [-0.39, 0.29) is 21.5 Å². The summed E-state index contributed by atoms with van der Waals surface area (Å²) in [6, 6.07) is 27.6. The van der Waals surface area contributed by atoms with E-state index in [1.807, 2.05) is 48.5 Å². The standard InChI is InChI=1S/C19H16NO2S.BF4/c21-20(22)17-13-11-16(12-14-17)15-23(18-7-3-1-4-8-18)19-9-5-2-6-10-19;2-1(3,4)5/h1-14H,15H2;/q+1;-1. The number of nitrogens with zero attached hydrogens (tertiary/aromatic N) is 1. The van der Waals surface area contributed by atoms with Crippen LogP contribution in [0.1, 0.15) is 5.56 Å². The molecule has 3 rings (SSSR count). The zero-order valence-electron chi connectivity index (χ0n) is 14.6. The van der Waals surface area contributed by atoms with Crippen molar-refractivity contribution in [2.45, 2.75) is 15.5 Å². The van der Waals surface area contributed by atoms with Crippen molar-refractivity contribution >= 4 is 23.8 Å². The van der Waals surface area contributed by atoms with Crippen LogP contribution in [0, 0.1) is 10.1 Å². The molecule has 0 atom stereocenters. The van der Waals surface area contributed by atoms with Crippen LogP contribution in [0.25, 0.3) is 0 Å². The quantitative estimate of drug-likeness (QED) is 0.167. The smallest absolute Gasteiger partial charge is 0.418 e. The molecule has 0 aliphatic rings. The molecule has 0 amide bonds. The van der Waals surface area contributed by atoms with Crippen LogP contribution in [-0.4, -0.2) is 12.2 Å². The molecule has 9 heteroatoms. The van der Waals surface area contributed by atoms with Crippen LogP contribution in [0.15, 0.2) is 94.7 Å². The summed E-state index contributed by atoms with van der Waals surface area (Å²) in [5.74, 6) is 0.839. The molecule has 0 radical (unpaired) electrons. The van der Waals surface area contributed by atoms with Crippen LogP contribution in [0.4, 0.5) is 23.0 Å². The summed E-state index contributed by atoms with van der Waals surface area (Å²) in [4.78, 5) is 13.0. The zero-order chi connectivity index (χ0) is 20.6. The predicted octanol–water partition coefficient (Wildman–Crippen LogP) is 6.13. The highest BCUT2D eigenvalue weighted by Crippen LogP contribution is 2.27. The van der Waals surface area contributed by atoms with Crippen molar-refractivity contribution < 1.29 is 22.2 Å². The van der Waals surface area contributed by atoms with Crippen LogP contribution in [0.5, 0.6) is 0 Å². The fourth-order valence-corrected chi connectivity index (χ4v) is 4.46. The molecule has 0 bridgehead atoms. The van der Waals surface area contributed by atoms with Crippen LogP contribution in [-0.2, 0) is 16.6 Å². The minimum absolute atomic E-state index is 0.0894. The van der Waals surface area contributed by atoms with E-state index in [4.69, 9.17) is 0 Å². The van der Waals surface area contributed by atoms with Gasteiger partial charge in [-0.3, -0.25) is 10.1 Å². The lowest BCUT2D eigenvalue weighted by atomic mass is 10.2. The third-order valence-electron chi connectivity index (χ3n) is 3.51. The number of hydrogen-bond donors (Lipinski definition) is 0. The van der Waals surface area contributed by atoms with Crippen molar-refractivity contribution in [2.75, 3.05) is 0 Å². The Morgan fingerprint density at radius 3 is 1.50 bits per heavy atom. The molecule has 0 aliphatic carbocycles. The molecule has 3 aromatic carbocycles. The van der Waals surface area contributed by atoms with Gasteiger partial charge in [-0.1, -0.05) is 36.4 Å². The lowest BCUT2D eigenvalue weighted by molar-refractivity contribution is -0.384. The van der Waals surface area contributed by atoms with E-state index in [0.29, 0.717) is 0 Å². The Labute approximate surface area is 162 Å². The summed E-state index contributed by atoms with van der Waals surface area (Å²) in [7, 11) is -6.09. The molecular formula is C19H16BF4NO2S. The first kappa shape index (κ1) is 21.5. The van der Waals surface area contributed by atoms with Gasteiger partial charge in [0.25, 0.3) is 5.69 Å². The number of halogens is 4. The summed E-state index contributed by atoms with van der Waals surface area (Å²) >= 11 is 0. The van der Waals surface area contributed by atoms with Crippen molar-refractivity contribution in [2.24, 2.45) is 0 Å². The summed E-state index contributed by atoms with van der Waals surface area (Å²) in [5.41, 5.74) is 1.24. The van der Waals surface area contributed by atoms with Crippen LogP contribution >= 0.6 is 0 Å². The molecular weight excluding hydrogens is 393 g/mol. The van der Waals surface area contributed by atoms with Crippen molar-refractivity contribution in [3.8, 4) is 0 Å². The largest absolute Gasteiger partial charge is 0.673 e. The predicted molar refractivity (Wildman–Crippen MR) is 104 cm³/mol. The highest BCUT2D eigenvalue weighted by molar-refractivity contribution is 7.96. The molecule has 0 unspecified atom stereocenters. The maximum Gasteiger partial charge on any atom is 0.673 e. The van der Waals surface area contributed by atoms with E-state index in [1.54, 1.807) is 12.1 Å². The van der Waals surface area contributed by atoms with Gasteiger partial charge in [-0.2, -0.15) is 0 Å². The fourth-order valence-electron chi connectivity index (χ4n) is 2.35. The second-order valence-corrected chi connectivity index (χ2v) is 7.59. The van der Waals surface area contributed by atoms with Gasteiger partial charge >= 0.3 is 7.25 Å². The second kappa shape index (κ2) is 9.94. The van der Waals surface area contributed by atoms with Gasteiger partial charge < -0.3 is 17.3 Å². The average molecular weight is 409 g/mol. The first-order valence-electron chi connectivity index (χ1n) is 8.15. The molecule has 28 heavy (non-hydrogen) atoms. The van der Waals surface area contributed by atoms with Gasteiger partial charge in [0.1, 0.15) is 5.75 Å². The Kier molecular flexibility index (Phi) is 7.63. The Morgan fingerprint density at radius 1 is 0.750 bits per heavy atom. The topological polar surface area (TPSA) is 43.1 Å². The molecule has 0 saturated carbocycles. The highest BCUT2D eigenvalue weighted by atomic mass is 32.2. The van der Waals surface area contributed by atoms with E-state index in [2.05, 4.69) is 24.3 Å². The number of nitro groups is 1. The SMILES string of the molecule is F[B-](F)(F)F.O=[N+]([O-])c1ccc(C[S+](c2ccccc2)c2ccccc2)cc1. The van der Waals surface area contributed by atoms with Crippen LogP contribution < -0.4 is 0 Å². The number of hydrogen-bond acceptors (Lipinski definition) is 2. The molecule has 0 fully saturated rings. The Balaban J connectivity index is 0.000000500. The first-order chi connectivity index (χ1) is 13.2. The summed E-state index contributed by atoms with van der Waals surface area (Å²) in [5, 5.41) is 10.8. The molecule has 3 nitrogen and oxygen atoms in total. The first-order valence-corrected chi connectivity index (χ1v) is 9.55. The molecule has 0 aliphatic heterocycles. The average Bonchev–Trinajstić information content (AvgIpc) is 2.66. The maximum absolute atomic E-state index is 10.8. The Hall–Kier alpha value is -2.81. The lowest BCUT2D eigenvalue weighted by Crippen LogP contribution is -2.07. The third-order valence-corrected chi connectivity index (χ3v) is 5.82. The zero-order valence-corrected chi connectivity index (χ0v) is 15.4. The van der Waals surface area contributed by atoms with Gasteiger partial charge in [0, 0.05) is 17.7 Å². The van der Waals surface area contributed by atoms with Gasteiger partial charge in [0.2, 0.25) is 0 Å². The molecule has 0 spiro atoms. The minimum atomic E-state index is -6.00. The lowest BCUT2D eigenvalue weighted by Gasteiger charge is -2.08. The van der Waals surface area contributed by atoms with Crippen molar-refractivity contribution in [1.29, 1.82) is 0 Å². The molecule has 0 N–H and O–H groups in total. The van der Waals surface area contributed by atoms with Crippen molar-refractivity contribution in [1.82, 2.24) is 0 Å². The number of benzene rings is 3. The fraction of sp³-hybridized carbons (Fsp3) is 0.0526. The molecule has 0 saturated heterocycles. The van der Waals surface area contributed by atoms with E-state index in [1.165, 1.54) is 9.79 Å². The van der Waals surface area contributed by atoms with Crippen LogP contribution in [0.3, 0.4) is 0 Å². The van der Waals surface area contributed by atoms with E-state index < -0.39 is 7.25 Å². The Morgan fingerprint density at radius 2 is 1.14 bits per heavy atom. The molecule has 3 aromatic rings. The Bertz CT molecular complexity index is 832. The van der Waals surface area contributed by atoms with E-state index in [0.717, 1.165) is 11.3 Å². The highest BCUT2D eigenvalue weighted by Gasteiger charge is 2.25. The van der Waals surface area contributed by atoms with Crippen LogP contribution in [0.2, 0.25) is 0 Å². The third kappa shape index (κ3) is 7.44. The summed E-state index contributed by atoms with van der Waals surface area (Å²) < 4.78 is 39.0.